The maximum absolute atomic E-state index is 11.8. The number of carbonyl (C=O) groups is 2. The monoisotopic (exact) mass is 257 g/mol. The lowest BCUT2D eigenvalue weighted by atomic mass is 9.93. The van der Waals surface area contributed by atoms with Crippen LogP contribution in [-0.2, 0) is 14.3 Å². The number of hydrogen-bond acceptors (Lipinski definition) is 4. The molecule has 1 amide bonds. The summed E-state index contributed by atoms with van der Waals surface area (Å²) in [7, 11) is 1.52. The molecule has 0 saturated carbocycles. The van der Waals surface area contributed by atoms with Crippen LogP contribution in [0.4, 0.5) is 4.79 Å². The van der Waals surface area contributed by atoms with Gasteiger partial charge in [-0.1, -0.05) is 0 Å². The molecule has 104 valence electrons. The molecule has 0 aromatic heterocycles. The lowest BCUT2D eigenvalue weighted by Crippen LogP contribution is -2.43. The predicted octanol–water partition coefficient (Wildman–Crippen LogP) is 1.85. The van der Waals surface area contributed by atoms with Gasteiger partial charge in [0, 0.05) is 26.1 Å². The zero-order valence-electron chi connectivity index (χ0n) is 11.7. The second-order valence-electron chi connectivity index (χ2n) is 5.64. The largest absolute Gasteiger partial charge is 0.444 e. The SMILES string of the molecule is COCC(=O)C1CCN(C(=O)OC(C)(C)C)CC1. The number of nitrogens with zero attached hydrogens (tertiary/aromatic N) is 1. The quantitative estimate of drug-likeness (QED) is 0.774. The van der Waals surface area contributed by atoms with Crippen LogP contribution in [0.3, 0.4) is 0 Å². The van der Waals surface area contributed by atoms with Crippen LogP contribution in [0.15, 0.2) is 0 Å². The summed E-state index contributed by atoms with van der Waals surface area (Å²) in [5.41, 5.74) is -0.472. The third kappa shape index (κ3) is 4.64. The third-order valence-corrected chi connectivity index (χ3v) is 2.89. The average Bonchev–Trinajstić information content (AvgIpc) is 2.27. The number of hydrogen-bond donors (Lipinski definition) is 0. The van der Waals surface area contributed by atoms with Gasteiger partial charge in [-0.2, -0.15) is 0 Å². The van der Waals surface area contributed by atoms with Crippen LogP contribution in [0.1, 0.15) is 33.6 Å². The zero-order valence-corrected chi connectivity index (χ0v) is 11.7. The molecule has 1 aliphatic rings. The fourth-order valence-corrected chi connectivity index (χ4v) is 1.97. The smallest absolute Gasteiger partial charge is 0.410 e. The first-order chi connectivity index (χ1) is 8.33. The summed E-state index contributed by atoms with van der Waals surface area (Å²) in [4.78, 5) is 25.1. The summed E-state index contributed by atoms with van der Waals surface area (Å²) in [6, 6.07) is 0. The van der Waals surface area contributed by atoms with E-state index in [1.54, 1.807) is 4.90 Å². The van der Waals surface area contributed by atoms with Gasteiger partial charge >= 0.3 is 6.09 Å². The van der Waals surface area contributed by atoms with Crippen molar-refractivity contribution in [2.24, 2.45) is 5.92 Å². The Balaban J connectivity index is 2.39. The number of ether oxygens (including phenoxy) is 2. The Kier molecular flexibility index (Phi) is 5.14. The lowest BCUT2D eigenvalue weighted by molar-refractivity contribution is -0.128. The second-order valence-corrected chi connectivity index (χ2v) is 5.64. The molecule has 0 radical (unpaired) electrons. The van der Waals surface area contributed by atoms with Crippen molar-refractivity contribution in [3.05, 3.63) is 0 Å². The van der Waals surface area contributed by atoms with E-state index in [0.717, 1.165) is 0 Å². The third-order valence-electron chi connectivity index (χ3n) is 2.89. The summed E-state index contributed by atoms with van der Waals surface area (Å²) < 4.78 is 10.1. The van der Waals surface area contributed by atoms with E-state index in [0.29, 0.717) is 25.9 Å². The number of carbonyl (C=O) groups excluding carboxylic acids is 2. The highest BCUT2D eigenvalue weighted by Crippen LogP contribution is 2.20. The van der Waals surface area contributed by atoms with Gasteiger partial charge in [0.2, 0.25) is 0 Å². The number of ketones is 1. The first-order valence-corrected chi connectivity index (χ1v) is 6.33. The maximum Gasteiger partial charge on any atom is 0.410 e. The van der Waals surface area contributed by atoms with Gasteiger partial charge in [-0.3, -0.25) is 4.79 Å². The number of rotatable bonds is 3. The van der Waals surface area contributed by atoms with Crippen LogP contribution in [0.5, 0.6) is 0 Å². The van der Waals surface area contributed by atoms with Gasteiger partial charge in [0.1, 0.15) is 12.2 Å². The summed E-state index contributed by atoms with van der Waals surface area (Å²) in [6.07, 6.45) is 1.10. The lowest BCUT2D eigenvalue weighted by Gasteiger charge is -2.32. The number of piperidine rings is 1. The highest BCUT2D eigenvalue weighted by molar-refractivity contribution is 5.82. The summed E-state index contributed by atoms with van der Waals surface area (Å²) in [5, 5.41) is 0. The molecule has 0 atom stereocenters. The Morgan fingerprint density at radius 2 is 1.78 bits per heavy atom. The highest BCUT2D eigenvalue weighted by atomic mass is 16.6. The van der Waals surface area contributed by atoms with Crippen molar-refractivity contribution in [3.8, 4) is 0 Å². The second kappa shape index (κ2) is 6.18. The van der Waals surface area contributed by atoms with E-state index >= 15 is 0 Å². The van der Waals surface area contributed by atoms with Crippen molar-refractivity contribution < 1.29 is 19.1 Å². The molecule has 0 bridgehead atoms. The Morgan fingerprint density at radius 3 is 2.22 bits per heavy atom. The van der Waals surface area contributed by atoms with Crippen molar-refractivity contribution in [1.82, 2.24) is 4.90 Å². The van der Waals surface area contributed by atoms with E-state index in [9.17, 15) is 9.59 Å². The molecule has 0 aromatic rings. The minimum atomic E-state index is -0.472. The first-order valence-electron chi connectivity index (χ1n) is 6.33. The van der Waals surface area contributed by atoms with Gasteiger partial charge in [0.15, 0.2) is 5.78 Å². The summed E-state index contributed by atoms with van der Waals surface area (Å²) in [6.45, 7) is 6.86. The van der Waals surface area contributed by atoms with Crippen molar-refractivity contribution in [2.75, 3.05) is 26.8 Å². The molecule has 0 spiro atoms. The molecule has 0 unspecified atom stereocenters. The van der Waals surface area contributed by atoms with E-state index in [1.165, 1.54) is 7.11 Å². The van der Waals surface area contributed by atoms with Gasteiger partial charge in [0.05, 0.1) is 0 Å². The first kappa shape index (κ1) is 15.0. The maximum atomic E-state index is 11.8. The van der Waals surface area contributed by atoms with Crippen molar-refractivity contribution in [1.29, 1.82) is 0 Å². The topological polar surface area (TPSA) is 55.8 Å². The van der Waals surface area contributed by atoms with E-state index in [4.69, 9.17) is 9.47 Å². The van der Waals surface area contributed by atoms with Gasteiger partial charge in [-0.15, -0.1) is 0 Å². The number of likely N-dealkylation sites (tertiary alicyclic amines) is 1. The molecular weight excluding hydrogens is 234 g/mol. The van der Waals surface area contributed by atoms with Crippen molar-refractivity contribution >= 4 is 11.9 Å². The molecule has 18 heavy (non-hydrogen) atoms. The molecule has 1 aliphatic heterocycles. The Bertz CT molecular complexity index is 301. The van der Waals surface area contributed by atoms with Crippen LogP contribution < -0.4 is 0 Å². The summed E-state index contributed by atoms with van der Waals surface area (Å²) in [5.74, 6) is 0.143. The minimum absolute atomic E-state index is 0.0173. The van der Waals surface area contributed by atoms with Gasteiger partial charge < -0.3 is 14.4 Å². The van der Waals surface area contributed by atoms with Crippen LogP contribution in [0.25, 0.3) is 0 Å². The summed E-state index contributed by atoms with van der Waals surface area (Å²) >= 11 is 0. The molecule has 1 saturated heterocycles. The molecule has 1 rings (SSSR count). The molecule has 1 fully saturated rings. The van der Waals surface area contributed by atoms with Crippen molar-refractivity contribution in [3.63, 3.8) is 0 Å². The molecule has 0 aliphatic carbocycles. The Morgan fingerprint density at radius 1 is 1.22 bits per heavy atom. The van der Waals surface area contributed by atoms with E-state index in [-0.39, 0.29) is 24.4 Å². The normalized spacial score (nSPS) is 17.7. The predicted molar refractivity (Wildman–Crippen MR) is 67.4 cm³/mol. The van der Waals surface area contributed by atoms with E-state index < -0.39 is 5.60 Å². The van der Waals surface area contributed by atoms with Crippen molar-refractivity contribution in [2.45, 2.75) is 39.2 Å². The van der Waals surface area contributed by atoms with E-state index in [2.05, 4.69) is 0 Å². The standard InChI is InChI=1S/C13H23NO4/c1-13(2,3)18-12(16)14-7-5-10(6-8-14)11(15)9-17-4/h10H,5-9H2,1-4H3. The molecule has 5 heteroatoms. The minimum Gasteiger partial charge on any atom is -0.444 e. The number of amides is 1. The molecular formula is C13H23NO4. The number of methoxy groups -OCH3 is 1. The Hall–Kier alpha value is -1.10. The van der Waals surface area contributed by atoms with Crippen LogP contribution >= 0.6 is 0 Å². The fraction of sp³-hybridized carbons (Fsp3) is 0.846. The highest BCUT2D eigenvalue weighted by Gasteiger charge is 2.29. The van der Waals surface area contributed by atoms with Gasteiger partial charge in [0.25, 0.3) is 0 Å². The molecule has 5 nitrogen and oxygen atoms in total. The van der Waals surface area contributed by atoms with E-state index in [1.807, 2.05) is 20.8 Å². The average molecular weight is 257 g/mol. The molecule has 0 aromatic carbocycles. The Labute approximate surface area is 108 Å². The van der Waals surface area contributed by atoms with Gasteiger partial charge in [-0.25, -0.2) is 4.79 Å². The zero-order chi connectivity index (χ0) is 13.8. The van der Waals surface area contributed by atoms with Crippen LogP contribution in [0.2, 0.25) is 0 Å². The number of Topliss-reactive ketones (excluding diaryl/α,β-unsaturated/α-hetero) is 1. The van der Waals surface area contributed by atoms with Crippen LogP contribution in [0, 0.1) is 5.92 Å². The fourth-order valence-electron chi connectivity index (χ4n) is 1.97. The molecule has 1 heterocycles. The molecule has 0 N–H and O–H groups in total. The van der Waals surface area contributed by atoms with Crippen LogP contribution in [-0.4, -0.2) is 49.2 Å². The van der Waals surface area contributed by atoms with Gasteiger partial charge in [-0.05, 0) is 33.6 Å².